The maximum atomic E-state index is 11.7. The van der Waals surface area contributed by atoms with Crippen molar-refractivity contribution >= 4 is 5.91 Å². The fourth-order valence-electron chi connectivity index (χ4n) is 1.41. The Kier molecular flexibility index (Phi) is 5.62. The number of carbonyl (C=O) groups excluding carboxylic acids is 1. The quantitative estimate of drug-likeness (QED) is 0.525. The van der Waals surface area contributed by atoms with E-state index in [1.165, 1.54) is 0 Å². The van der Waals surface area contributed by atoms with Crippen LogP contribution >= 0.6 is 0 Å². The lowest BCUT2D eigenvalue weighted by Crippen LogP contribution is -2.40. The van der Waals surface area contributed by atoms with E-state index < -0.39 is 6.04 Å². The smallest absolute Gasteiger partial charge is 0.251 e. The topological polar surface area (TPSA) is 95.6 Å². The maximum Gasteiger partial charge on any atom is 0.251 e. The summed E-state index contributed by atoms with van der Waals surface area (Å²) < 4.78 is 0. The van der Waals surface area contributed by atoms with Gasteiger partial charge in [0.2, 0.25) is 0 Å². The number of hydrogen-bond acceptors (Lipinski definition) is 4. The zero-order chi connectivity index (χ0) is 12.7. The number of carbonyl (C=O) groups is 1. The summed E-state index contributed by atoms with van der Waals surface area (Å²) >= 11 is 0. The Hall–Kier alpha value is -1.43. The molecule has 0 fully saturated rings. The van der Waals surface area contributed by atoms with Crippen molar-refractivity contribution in [2.24, 2.45) is 5.73 Å². The maximum absolute atomic E-state index is 11.7. The molecular formula is C12H18N2O3. The molecule has 0 atom stereocenters. The van der Waals surface area contributed by atoms with Gasteiger partial charge in [-0.05, 0) is 30.7 Å². The van der Waals surface area contributed by atoms with E-state index >= 15 is 0 Å². The third-order valence-corrected chi connectivity index (χ3v) is 2.43. The Morgan fingerprint density at radius 3 is 2.29 bits per heavy atom. The number of benzene rings is 1. The van der Waals surface area contributed by atoms with Gasteiger partial charge in [-0.1, -0.05) is 12.1 Å². The third kappa shape index (κ3) is 4.14. The molecule has 17 heavy (non-hydrogen) atoms. The fraction of sp³-hybridized carbons (Fsp3) is 0.417. The summed E-state index contributed by atoms with van der Waals surface area (Å²) in [7, 11) is 0. The van der Waals surface area contributed by atoms with Gasteiger partial charge in [-0.2, -0.15) is 0 Å². The van der Waals surface area contributed by atoms with E-state index in [1.54, 1.807) is 12.1 Å². The molecule has 1 amide bonds. The van der Waals surface area contributed by atoms with Gasteiger partial charge in [-0.3, -0.25) is 4.79 Å². The van der Waals surface area contributed by atoms with Gasteiger partial charge >= 0.3 is 0 Å². The second-order valence-electron chi connectivity index (χ2n) is 3.77. The highest BCUT2D eigenvalue weighted by Crippen LogP contribution is 2.05. The van der Waals surface area contributed by atoms with Crippen molar-refractivity contribution < 1.29 is 15.0 Å². The number of nitrogens with two attached hydrogens (primary N) is 1. The lowest BCUT2D eigenvalue weighted by Gasteiger charge is -2.13. The van der Waals surface area contributed by atoms with Crippen LogP contribution in [0.2, 0.25) is 0 Å². The van der Waals surface area contributed by atoms with Crippen LogP contribution in [0.3, 0.4) is 0 Å². The fourth-order valence-corrected chi connectivity index (χ4v) is 1.41. The molecule has 5 N–H and O–H groups in total. The summed E-state index contributed by atoms with van der Waals surface area (Å²) in [6.45, 7) is 0.00361. The zero-order valence-corrected chi connectivity index (χ0v) is 9.60. The minimum Gasteiger partial charge on any atom is -0.394 e. The molecule has 0 aliphatic carbocycles. The second-order valence-corrected chi connectivity index (χ2v) is 3.77. The normalized spacial score (nSPS) is 10.6. The lowest BCUT2D eigenvalue weighted by molar-refractivity contribution is 0.0879. The van der Waals surface area contributed by atoms with Crippen molar-refractivity contribution in [2.45, 2.75) is 12.5 Å². The van der Waals surface area contributed by atoms with Crippen molar-refractivity contribution in [2.75, 3.05) is 19.8 Å². The molecule has 1 aromatic carbocycles. The summed E-state index contributed by atoms with van der Waals surface area (Å²) in [5, 5.41) is 20.2. The number of hydrogen-bond donors (Lipinski definition) is 4. The average molecular weight is 238 g/mol. The molecule has 1 rings (SSSR count). The van der Waals surface area contributed by atoms with Crippen molar-refractivity contribution in [3.8, 4) is 0 Å². The van der Waals surface area contributed by atoms with Gasteiger partial charge in [0, 0.05) is 5.56 Å². The number of aliphatic hydroxyl groups excluding tert-OH is 2. The van der Waals surface area contributed by atoms with E-state index in [-0.39, 0.29) is 19.1 Å². The monoisotopic (exact) mass is 238 g/mol. The minimum absolute atomic E-state index is 0.284. The summed E-state index contributed by atoms with van der Waals surface area (Å²) in [6.07, 6.45) is 0.776. The Morgan fingerprint density at radius 2 is 1.82 bits per heavy atom. The first-order valence-corrected chi connectivity index (χ1v) is 5.52. The highest BCUT2D eigenvalue weighted by atomic mass is 16.3. The molecule has 1 aromatic rings. The standard InChI is InChI=1S/C12H18N2O3/c13-6-5-9-1-3-10(4-2-9)12(17)14-11(7-15)8-16/h1-4,11,15-16H,5-8,13H2,(H,14,17). The van der Waals surface area contributed by atoms with Gasteiger partial charge < -0.3 is 21.3 Å². The van der Waals surface area contributed by atoms with Crippen LogP contribution in [0.1, 0.15) is 15.9 Å². The van der Waals surface area contributed by atoms with Crippen LogP contribution in [0, 0.1) is 0 Å². The first-order valence-electron chi connectivity index (χ1n) is 5.52. The van der Waals surface area contributed by atoms with Crippen LogP contribution in [0.4, 0.5) is 0 Å². The predicted octanol–water partition coefficient (Wildman–Crippen LogP) is -0.729. The Morgan fingerprint density at radius 1 is 1.24 bits per heavy atom. The largest absolute Gasteiger partial charge is 0.394 e. The molecule has 0 saturated heterocycles. The van der Waals surface area contributed by atoms with Crippen LogP contribution in [0.5, 0.6) is 0 Å². The Bertz CT molecular complexity index is 347. The highest BCUT2D eigenvalue weighted by molar-refractivity contribution is 5.94. The molecule has 0 heterocycles. The number of rotatable bonds is 6. The van der Waals surface area contributed by atoms with E-state index in [2.05, 4.69) is 5.32 Å². The van der Waals surface area contributed by atoms with Crippen molar-refractivity contribution in [3.05, 3.63) is 35.4 Å². The predicted molar refractivity (Wildman–Crippen MR) is 64.6 cm³/mol. The second kappa shape index (κ2) is 7.01. The molecule has 0 bridgehead atoms. The van der Waals surface area contributed by atoms with Gasteiger partial charge in [0.05, 0.1) is 19.3 Å². The Balaban J connectivity index is 2.63. The van der Waals surface area contributed by atoms with Crippen molar-refractivity contribution in [1.82, 2.24) is 5.32 Å². The van der Waals surface area contributed by atoms with E-state index in [0.29, 0.717) is 12.1 Å². The first kappa shape index (κ1) is 13.6. The molecule has 0 unspecified atom stereocenters. The molecule has 0 spiro atoms. The van der Waals surface area contributed by atoms with Crippen LogP contribution in [0.25, 0.3) is 0 Å². The van der Waals surface area contributed by atoms with Crippen molar-refractivity contribution in [1.29, 1.82) is 0 Å². The van der Waals surface area contributed by atoms with Gasteiger partial charge in [-0.25, -0.2) is 0 Å². The summed E-state index contributed by atoms with van der Waals surface area (Å²) in [5.41, 5.74) is 7.00. The summed E-state index contributed by atoms with van der Waals surface area (Å²) in [4.78, 5) is 11.7. The first-order chi connectivity index (χ1) is 8.21. The third-order valence-electron chi connectivity index (χ3n) is 2.43. The lowest BCUT2D eigenvalue weighted by atomic mass is 10.1. The molecule has 5 nitrogen and oxygen atoms in total. The van der Waals surface area contributed by atoms with Gasteiger partial charge in [-0.15, -0.1) is 0 Å². The van der Waals surface area contributed by atoms with Crippen molar-refractivity contribution in [3.63, 3.8) is 0 Å². The van der Waals surface area contributed by atoms with Gasteiger partial charge in [0.1, 0.15) is 0 Å². The number of aliphatic hydroxyl groups is 2. The van der Waals surface area contributed by atoms with Crippen LogP contribution in [-0.4, -0.2) is 41.9 Å². The van der Waals surface area contributed by atoms with Crippen LogP contribution in [-0.2, 0) is 6.42 Å². The van der Waals surface area contributed by atoms with E-state index in [9.17, 15) is 4.79 Å². The summed E-state index contributed by atoms with van der Waals surface area (Å²) in [5.74, 6) is -0.308. The molecule has 0 radical (unpaired) electrons. The molecular weight excluding hydrogens is 220 g/mol. The van der Waals surface area contributed by atoms with E-state index in [0.717, 1.165) is 12.0 Å². The number of amides is 1. The highest BCUT2D eigenvalue weighted by Gasteiger charge is 2.11. The number of nitrogens with one attached hydrogen (secondary N) is 1. The minimum atomic E-state index is -0.619. The Labute approximate surface area is 100 Å². The molecule has 0 aromatic heterocycles. The van der Waals surface area contributed by atoms with Gasteiger partial charge in [0.25, 0.3) is 5.91 Å². The van der Waals surface area contributed by atoms with Crippen LogP contribution < -0.4 is 11.1 Å². The molecule has 94 valence electrons. The zero-order valence-electron chi connectivity index (χ0n) is 9.60. The molecule has 5 heteroatoms. The molecule has 0 aliphatic rings. The molecule has 0 saturated carbocycles. The average Bonchev–Trinajstić information content (AvgIpc) is 2.37. The summed E-state index contributed by atoms with van der Waals surface area (Å²) in [6, 6.07) is 6.47. The van der Waals surface area contributed by atoms with E-state index in [1.807, 2.05) is 12.1 Å². The van der Waals surface area contributed by atoms with Gasteiger partial charge in [0.15, 0.2) is 0 Å². The SMILES string of the molecule is NCCc1ccc(C(=O)NC(CO)CO)cc1. The van der Waals surface area contributed by atoms with E-state index in [4.69, 9.17) is 15.9 Å². The molecule has 0 aliphatic heterocycles. The van der Waals surface area contributed by atoms with Crippen LogP contribution in [0.15, 0.2) is 24.3 Å².